The van der Waals surface area contributed by atoms with Gasteiger partial charge in [-0.3, -0.25) is 0 Å². The van der Waals surface area contributed by atoms with Crippen molar-refractivity contribution in [2.24, 2.45) is 0 Å². The lowest BCUT2D eigenvalue weighted by Crippen LogP contribution is -2.46. The molecule has 1 rings (SSSR count). The highest BCUT2D eigenvalue weighted by Crippen LogP contribution is 2.13. The molecule has 0 aliphatic carbocycles. The van der Waals surface area contributed by atoms with Gasteiger partial charge in [0.25, 0.3) is 0 Å². The van der Waals surface area contributed by atoms with Gasteiger partial charge in [-0.05, 0) is 59.6 Å². The van der Waals surface area contributed by atoms with Gasteiger partial charge in [-0.15, -0.1) is 0 Å². The van der Waals surface area contributed by atoms with Gasteiger partial charge in [-0.1, -0.05) is 6.07 Å². The van der Waals surface area contributed by atoms with Crippen molar-refractivity contribution in [3.8, 4) is 0 Å². The van der Waals surface area contributed by atoms with E-state index in [-0.39, 0.29) is 11.6 Å². The van der Waals surface area contributed by atoms with Crippen LogP contribution in [0, 0.1) is 6.92 Å². The maximum absolute atomic E-state index is 11.8. The Morgan fingerprint density at radius 2 is 1.90 bits per heavy atom. The summed E-state index contributed by atoms with van der Waals surface area (Å²) in [5.74, 6) is 0.841. The summed E-state index contributed by atoms with van der Waals surface area (Å²) in [5.41, 5.74) is 0.303. The first-order valence-corrected chi connectivity index (χ1v) is 7.25. The van der Waals surface area contributed by atoms with Gasteiger partial charge in [-0.2, -0.15) is 0 Å². The molecule has 0 aromatic carbocycles. The molecule has 0 aliphatic heterocycles. The first kappa shape index (κ1) is 17.3. The Balaban J connectivity index is 2.38. The number of pyridine rings is 1. The van der Waals surface area contributed by atoms with Gasteiger partial charge in [0.2, 0.25) is 0 Å². The summed E-state index contributed by atoms with van der Waals surface area (Å²) in [4.78, 5) is 16.1. The van der Waals surface area contributed by atoms with Crippen molar-refractivity contribution < 1.29 is 9.53 Å². The molecular weight excluding hydrogens is 266 g/mol. The van der Waals surface area contributed by atoms with Crippen molar-refractivity contribution in [3.05, 3.63) is 23.9 Å². The van der Waals surface area contributed by atoms with Gasteiger partial charge < -0.3 is 15.4 Å². The lowest BCUT2D eigenvalue weighted by atomic mass is 10.0. The monoisotopic (exact) mass is 293 g/mol. The average Bonchev–Trinajstić information content (AvgIpc) is 2.28. The van der Waals surface area contributed by atoms with E-state index in [2.05, 4.69) is 15.6 Å². The number of alkyl carbamates (subject to hydrolysis) is 1. The first-order chi connectivity index (χ1) is 9.57. The number of carbonyl (C=O) groups excluding carboxylic acids is 1. The van der Waals surface area contributed by atoms with Crippen molar-refractivity contribution in [1.29, 1.82) is 0 Å². The summed E-state index contributed by atoms with van der Waals surface area (Å²) in [7, 11) is 0. The molecule has 5 nitrogen and oxygen atoms in total. The molecule has 0 spiro atoms. The summed E-state index contributed by atoms with van der Waals surface area (Å²) in [6.07, 6.45) is 2.20. The lowest BCUT2D eigenvalue weighted by Gasteiger charge is -2.28. The number of rotatable bonds is 5. The largest absolute Gasteiger partial charge is 0.444 e. The molecule has 0 saturated carbocycles. The number of aromatic nitrogens is 1. The van der Waals surface area contributed by atoms with Crippen molar-refractivity contribution in [3.63, 3.8) is 0 Å². The number of hydrogen-bond donors (Lipinski definition) is 2. The van der Waals surface area contributed by atoms with Crippen molar-refractivity contribution in [1.82, 2.24) is 10.3 Å². The maximum Gasteiger partial charge on any atom is 0.408 e. The minimum atomic E-state index is -0.482. The van der Waals surface area contributed by atoms with Crippen molar-refractivity contribution in [2.75, 3.05) is 11.9 Å². The zero-order valence-electron chi connectivity index (χ0n) is 13.9. The molecular formula is C16H27N3O2. The molecule has 1 aromatic rings. The van der Waals surface area contributed by atoms with E-state index in [0.717, 1.165) is 24.3 Å². The summed E-state index contributed by atoms with van der Waals surface area (Å²) in [5, 5.41) is 6.13. The molecule has 5 heteroatoms. The fraction of sp³-hybridized carbons (Fsp3) is 0.625. The fourth-order valence-electron chi connectivity index (χ4n) is 1.72. The third-order valence-electron chi connectivity index (χ3n) is 2.81. The van der Waals surface area contributed by atoms with E-state index in [4.69, 9.17) is 4.74 Å². The van der Waals surface area contributed by atoms with E-state index in [0.29, 0.717) is 0 Å². The van der Waals surface area contributed by atoms with Crippen LogP contribution in [-0.4, -0.2) is 28.8 Å². The Hall–Kier alpha value is -1.78. The lowest BCUT2D eigenvalue weighted by molar-refractivity contribution is 0.0470. The molecule has 1 aromatic heterocycles. The molecule has 0 fully saturated rings. The fourth-order valence-corrected chi connectivity index (χ4v) is 1.72. The van der Waals surface area contributed by atoms with Gasteiger partial charge in [0.1, 0.15) is 11.4 Å². The molecule has 0 radical (unpaired) electrons. The van der Waals surface area contributed by atoms with Gasteiger partial charge in [0.05, 0.1) is 0 Å². The molecule has 0 saturated heterocycles. The summed E-state index contributed by atoms with van der Waals surface area (Å²) in [6.45, 7) is 12.2. The van der Waals surface area contributed by atoms with Crippen LogP contribution in [0.3, 0.4) is 0 Å². The number of amides is 1. The third kappa shape index (κ3) is 7.54. The van der Waals surface area contributed by atoms with Crippen LogP contribution < -0.4 is 10.6 Å². The number of aryl methyl sites for hydroxylation is 1. The number of ether oxygens (including phenoxy) is 1. The van der Waals surface area contributed by atoms with E-state index >= 15 is 0 Å². The molecule has 21 heavy (non-hydrogen) atoms. The van der Waals surface area contributed by atoms with Crippen molar-refractivity contribution >= 4 is 11.9 Å². The number of anilines is 1. The van der Waals surface area contributed by atoms with Gasteiger partial charge in [0, 0.05) is 18.3 Å². The van der Waals surface area contributed by atoms with E-state index < -0.39 is 5.60 Å². The summed E-state index contributed by atoms with van der Waals surface area (Å²) < 4.78 is 5.27. The molecule has 2 N–H and O–H groups in total. The minimum Gasteiger partial charge on any atom is -0.444 e. The van der Waals surface area contributed by atoms with Gasteiger partial charge in [0.15, 0.2) is 0 Å². The topological polar surface area (TPSA) is 63.2 Å². The van der Waals surface area contributed by atoms with Gasteiger partial charge in [-0.25, -0.2) is 9.78 Å². The van der Waals surface area contributed by atoms with Crippen LogP contribution in [0.1, 0.15) is 46.6 Å². The average molecular weight is 293 g/mol. The van der Waals surface area contributed by atoms with E-state index in [1.807, 2.05) is 59.9 Å². The molecule has 0 atom stereocenters. The van der Waals surface area contributed by atoms with Crippen LogP contribution in [0.15, 0.2) is 18.3 Å². The second-order valence-corrected chi connectivity index (χ2v) is 6.91. The zero-order valence-corrected chi connectivity index (χ0v) is 13.9. The Labute approximate surface area is 127 Å². The van der Waals surface area contributed by atoms with Crippen LogP contribution in [0.2, 0.25) is 0 Å². The number of nitrogens with zero attached hydrogens (tertiary/aromatic N) is 1. The molecule has 1 amide bonds. The van der Waals surface area contributed by atoms with Crippen LogP contribution in [0.5, 0.6) is 0 Å². The van der Waals surface area contributed by atoms with Crippen molar-refractivity contribution in [2.45, 2.75) is 59.1 Å². The third-order valence-corrected chi connectivity index (χ3v) is 2.81. The molecule has 0 bridgehead atoms. The molecule has 118 valence electrons. The zero-order chi connectivity index (χ0) is 16.1. The predicted molar refractivity (Wildman–Crippen MR) is 85.5 cm³/mol. The second-order valence-electron chi connectivity index (χ2n) is 6.91. The standard InChI is InChI=1S/C16H27N3O2/c1-12-7-8-13(18-11-12)17-10-9-16(5,6)19-14(20)21-15(2,3)4/h7-8,11H,9-10H2,1-6H3,(H,17,18)(H,19,20). The Morgan fingerprint density at radius 3 is 2.43 bits per heavy atom. The van der Waals surface area contributed by atoms with E-state index in [1.54, 1.807) is 0 Å². The molecule has 0 aliphatic rings. The summed E-state index contributed by atoms with van der Waals surface area (Å²) >= 11 is 0. The second kappa shape index (κ2) is 6.78. The van der Waals surface area contributed by atoms with Gasteiger partial charge >= 0.3 is 6.09 Å². The quantitative estimate of drug-likeness (QED) is 0.872. The van der Waals surface area contributed by atoms with E-state index in [9.17, 15) is 4.79 Å². The Kier molecular flexibility index (Phi) is 5.58. The molecule has 1 heterocycles. The molecule has 0 unspecified atom stereocenters. The van der Waals surface area contributed by atoms with Crippen LogP contribution >= 0.6 is 0 Å². The Morgan fingerprint density at radius 1 is 1.24 bits per heavy atom. The SMILES string of the molecule is Cc1ccc(NCCC(C)(C)NC(=O)OC(C)(C)C)nc1. The van der Waals surface area contributed by atoms with Crippen LogP contribution in [-0.2, 0) is 4.74 Å². The maximum atomic E-state index is 11.8. The minimum absolute atomic E-state index is 0.347. The summed E-state index contributed by atoms with van der Waals surface area (Å²) in [6, 6.07) is 3.96. The number of carbonyl (C=O) groups is 1. The normalized spacial score (nSPS) is 11.9. The smallest absolute Gasteiger partial charge is 0.408 e. The predicted octanol–water partition coefficient (Wildman–Crippen LogP) is 3.50. The number of nitrogens with one attached hydrogen (secondary N) is 2. The highest BCUT2D eigenvalue weighted by Gasteiger charge is 2.24. The van der Waals surface area contributed by atoms with E-state index in [1.165, 1.54) is 0 Å². The highest BCUT2D eigenvalue weighted by atomic mass is 16.6. The highest BCUT2D eigenvalue weighted by molar-refractivity contribution is 5.68. The van der Waals surface area contributed by atoms with Crippen LogP contribution in [0.25, 0.3) is 0 Å². The first-order valence-electron chi connectivity index (χ1n) is 7.25. The Bertz CT molecular complexity index is 461. The van der Waals surface area contributed by atoms with Crippen LogP contribution in [0.4, 0.5) is 10.6 Å². The number of hydrogen-bond acceptors (Lipinski definition) is 4.